The van der Waals surface area contributed by atoms with Crippen LogP contribution in [0.15, 0.2) is 41.5 Å². The highest BCUT2D eigenvalue weighted by atomic mass is 32.2. The normalized spacial score (nSPS) is 12.9. The molecule has 112 valence electrons. The molecule has 0 radical (unpaired) electrons. The molecule has 4 nitrogen and oxygen atoms in total. The average molecular weight is 297 g/mol. The van der Waals surface area contributed by atoms with E-state index in [4.69, 9.17) is 4.74 Å². The van der Waals surface area contributed by atoms with Crippen molar-refractivity contribution in [2.75, 3.05) is 7.11 Å². The zero-order valence-electron chi connectivity index (χ0n) is 12.3. The molecule has 1 rings (SSSR count). The van der Waals surface area contributed by atoms with Gasteiger partial charge in [0.1, 0.15) is 5.76 Å². The number of benzene rings is 1. The Morgan fingerprint density at radius 2 is 1.95 bits per heavy atom. The third kappa shape index (κ3) is 4.65. The van der Waals surface area contributed by atoms with Gasteiger partial charge in [-0.3, -0.25) is 0 Å². The van der Waals surface area contributed by atoms with E-state index in [0.717, 1.165) is 18.4 Å². The van der Waals surface area contributed by atoms with Crippen LogP contribution >= 0.6 is 0 Å². The van der Waals surface area contributed by atoms with Crippen LogP contribution in [-0.4, -0.2) is 21.6 Å². The molecule has 0 spiro atoms. The van der Waals surface area contributed by atoms with Crippen LogP contribution in [0, 0.1) is 6.92 Å². The van der Waals surface area contributed by atoms with Crippen LogP contribution < -0.4 is 4.72 Å². The molecule has 1 unspecified atom stereocenters. The fourth-order valence-electron chi connectivity index (χ4n) is 1.81. The predicted molar refractivity (Wildman–Crippen MR) is 81.0 cm³/mol. The lowest BCUT2D eigenvalue weighted by atomic mass is 10.1. The van der Waals surface area contributed by atoms with Gasteiger partial charge in [-0.2, -0.15) is 0 Å². The molecular weight excluding hydrogens is 274 g/mol. The molecule has 0 aliphatic rings. The van der Waals surface area contributed by atoms with Crippen molar-refractivity contribution in [1.29, 1.82) is 0 Å². The summed E-state index contributed by atoms with van der Waals surface area (Å²) in [7, 11) is -2.05. The van der Waals surface area contributed by atoms with E-state index in [1.165, 1.54) is 7.11 Å². The molecule has 20 heavy (non-hydrogen) atoms. The van der Waals surface area contributed by atoms with E-state index in [0.29, 0.717) is 12.2 Å². The molecule has 0 amide bonds. The SMILES string of the molecule is C=C(OC)C(CCCC)NS(=O)(=O)c1ccc(C)cc1. The Morgan fingerprint density at radius 1 is 1.35 bits per heavy atom. The molecule has 0 saturated heterocycles. The van der Waals surface area contributed by atoms with Crippen molar-refractivity contribution < 1.29 is 13.2 Å². The number of rotatable bonds is 8. The maximum atomic E-state index is 12.3. The summed E-state index contributed by atoms with van der Waals surface area (Å²) in [6.07, 6.45) is 2.57. The monoisotopic (exact) mass is 297 g/mol. The van der Waals surface area contributed by atoms with Gasteiger partial charge < -0.3 is 4.74 Å². The predicted octanol–water partition coefficient (Wildman–Crippen LogP) is 2.99. The van der Waals surface area contributed by atoms with Gasteiger partial charge in [-0.25, -0.2) is 13.1 Å². The molecule has 1 atom stereocenters. The van der Waals surface area contributed by atoms with Crippen LogP contribution in [0.1, 0.15) is 31.7 Å². The van der Waals surface area contributed by atoms with Crippen molar-refractivity contribution in [3.63, 3.8) is 0 Å². The highest BCUT2D eigenvalue weighted by Gasteiger charge is 2.22. The highest BCUT2D eigenvalue weighted by molar-refractivity contribution is 7.89. The van der Waals surface area contributed by atoms with Gasteiger partial charge in [0, 0.05) is 0 Å². The number of hydrogen-bond donors (Lipinski definition) is 1. The molecule has 0 saturated carbocycles. The van der Waals surface area contributed by atoms with Crippen LogP contribution in [0.25, 0.3) is 0 Å². The third-order valence-corrected chi connectivity index (χ3v) is 4.61. The van der Waals surface area contributed by atoms with Crippen molar-refractivity contribution in [3.8, 4) is 0 Å². The molecule has 0 bridgehead atoms. The summed E-state index contributed by atoms with van der Waals surface area (Å²) in [5, 5.41) is 0. The van der Waals surface area contributed by atoms with E-state index < -0.39 is 16.1 Å². The van der Waals surface area contributed by atoms with Crippen molar-refractivity contribution in [1.82, 2.24) is 4.72 Å². The van der Waals surface area contributed by atoms with Crippen molar-refractivity contribution in [2.24, 2.45) is 0 Å². The van der Waals surface area contributed by atoms with E-state index in [2.05, 4.69) is 18.2 Å². The largest absolute Gasteiger partial charge is 0.500 e. The Balaban J connectivity index is 2.90. The van der Waals surface area contributed by atoms with E-state index in [1.807, 2.05) is 6.92 Å². The Morgan fingerprint density at radius 3 is 2.45 bits per heavy atom. The number of methoxy groups -OCH3 is 1. The summed E-state index contributed by atoms with van der Waals surface area (Å²) in [6, 6.07) is 6.36. The molecule has 5 heteroatoms. The van der Waals surface area contributed by atoms with Crippen molar-refractivity contribution in [3.05, 3.63) is 42.2 Å². The number of nitrogens with one attached hydrogen (secondary N) is 1. The minimum Gasteiger partial charge on any atom is -0.500 e. The van der Waals surface area contributed by atoms with Gasteiger partial charge >= 0.3 is 0 Å². The van der Waals surface area contributed by atoms with E-state index in [1.54, 1.807) is 24.3 Å². The first-order valence-electron chi connectivity index (χ1n) is 6.72. The minimum absolute atomic E-state index is 0.258. The van der Waals surface area contributed by atoms with Gasteiger partial charge in [0.05, 0.1) is 18.0 Å². The zero-order chi connectivity index (χ0) is 15.2. The summed E-state index contributed by atoms with van der Waals surface area (Å²) in [6.45, 7) is 7.74. The van der Waals surface area contributed by atoms with Crippen LogP contribution in [0.5, 0.6) is 0 Å². The first kappa shape index (κ1) is 16.7. The summed E-state index contributed by atoms with van der Waals surface area (Å²) >= 11 is 0. The minimum atomic E-state index is -3.55. The fourth-order valence-corrected chi connectivity index (χ4v) is 3.06. The number of aryl methyl sites for hydroxylation is 1. The van der Waals surface area contributed by atoms with Gasteiger partial charge in [-0.05, 0) is 25.5 Å². The number of sulfonamides is 1. The number of unbranched alkanes of at least 4 members (excludes halogenated alkanes) is 1. The standard InChI is InChI=1S/C15H23NO3S/c1-5-6-7-15(13(3)19-4)16-20(17,18)14-10-8-12(2)9-11-14/h8-11,15-16H,3,5-7H2,1-2,4H3. The molecule has 0 heterocycles. The lowest BCUT2D eigenvalue weighted by Crippen LogP contribution is -2.36. The van der Waals surface area contributed by atoms with Crippen molar-refractivity contribution in [2.45, 2.75) is 44.0 Å². The zero-order valence-corrected chi connectivity index (χ0v) is 13.2. The number of hydrogen-bond acceptors (Lipinski definition) is 3. The molecule has 0 aliphatic heterocycles. The molecule has 1 N–H and O–H groups in total. The fraction of sp³-hybridized carbons (Fsp3) is 0.467. The Bertz CT molecular complexity index is 535. The van der Waals surface area contributed by atoms with E-state index in [-0.39, 0.29) is 4.90 Å². The average Bonchev–Trinajstić information content (AvgIpc) is 2.43. The Hall–Kier alpha value is -1.33. The molecule has 0 fully saturated rings. The number of ether oxygens (including phenoxy) is 1. The summed E-state index contributed by atoms with van der Waals surface area (Å²) in [5.41, 5.74) is 1.02. The summed E-state index contributed by atoms with van der Waals surface area (Å²) in [4.78, 5) is 0.258. The Kier molecular flexibility index (Phi) is 6.23. The van der Waals surface area contributed by atoms with E-state index in [9.17, 15) is 8.42 Å². The first-order chi connectivity index (χ1) is 9.40. The van der Waals surface area contributed by atoms with Gasteiger partial charge in [-0.1, -0.05) is 44.0 Å². The maximum Gasteiger partial charge on any atom is 0.241 e. The first-order valence-corrected chi connectivity index (χ1v) is 8.20. The second kappa shape index (κ2) is 7.45. The lowest BCUT2D eigenvalue weighted by molar-refractivity contribution is 0.255. The van der Waals surface area contributed by atoms with Crippen LogP contribution in [0.3, 0.4) is 0 Å². The van der Waals surface area contributed by atoms with E-state index >= 15 is 0 Å². The summed E-state index contributed by atoms with van der Waals surface area (Å²) in [5.74, 6) is 0.439. The molecular formula is C15H23NO3S. The van der Waals surface area contributed by atoms with Crippen molar-refractivity contribution >= 4 is 10.0 Å². The quantitative estimate of drug-likeness (QED) is 0.750. The van der Waals surface area contributed by atoms with Gasteiger partial charge in [0.15, 0.2) is 0 Å². The molecule has 0 aromatic heterocycles. The maximum absolute atomic E-state index is 12.3. The van der Waals surface area contributed by atoms with Crippen LogP contribution in [0.4, 0.5) is 0 Å². The molecule has 0 aliphatic carbocycles. The van der Waals surface area contributed by atoms with Gasteiger partial charge in [-0.15, -0.1) is 0 Å². The second-order valence-corrected chi connectivity index (χ2v) is 6.51. The molecule has 1 aromatic carbocycles. The summed E-state index contributed by atoms with van der Waals surface area (Å²) < 4.78 is 32.4. The second-order valence-electron chi connectivity index (χ2n) is 4.80. The third-order valence-electron chi connectivity index (χ3n) is 3.13. The van der Waals surface area contributed by atoms with Crippen LogP contribution in [-0.2, 0) is 14.8 Å². The topological polar surface area (TPSA) is 55.4 Å². The lowest BCUT2D eigenvalue weighted by Gasteiger charge is -2.20. The smallest absolute Gasteiger partial charge is 0.241 e. The van der Waals surface area contributed by atoms with Gasteiger partial charge in [0.2, 0.25) is 10.0 Å². The Labute approximate surface area is 121 Å². The highest BCUT2D eigenvalue weighted by Crippen LogP contribution is 2.15. The molecule has 1 aromatic rings. The van der Waals surface area contributed by atoms with Crippen LogP contribution in [0.2, 0.25) is 0 Å². The van der Waals surface area contributed by atoms with Gasteiger partial charge in [0.25, 0.3) is 0 Å².